The van der Waals surface area contributed by atoms with E-state index in [-0.39, 0.29) is 0 Å². The first-order chi connectivity index (χ1) is 13.2. The molecule has 1 aliphatic carbocycles. The summed E-state index contributed by atoms with van der Waals surface area (Å²) in [6, 6.07) is 6.21. The van der Waals surface area contributed by atoms with Crippen molar-refractivity contribution in [1.29, 1.82) is 0 Å². The molecule has 0 N–H and O–H groups in total. The molecule has 1 heterocycles. The lowest BCUT2D eigenvalue weighted by Gasteiger charge is -2.32. The Hall–Kier alpha value is -2.45. The third-order valence-electron chi connectivity index (χ3n) is 5.26. The van der Waals surface area contributed by atoms with Crippen LogP contribution in [0.15, 0.2) is 22.6 Å². The molecule has 1 aromatic heterocycles. The van der Waals surface area contributed by atoms with Crippen LogP contribution in [-0.2, 0) is 6.54 Å². The van der Waals surface area contributed by atoms with E-state index in [0.29, 0.717) is 30.0 Å². The van der Waals surface area contributed by atoms with Crippen molar-refractivity contribution >= 4 is 0 Å². The number of benzene rings is 1. The van der Waals surface area contributed by atoms with Gasteiger partial charge in [0.15, 0.2) is 11.5 Å². The zero-order valence-corrected chi connectivity index (χ0v) is 16.5. The minimum Gasteiger partial charge on any atom is -0.493 e. The van der Waals surface area contributed by atoms with Crippen molar-refractivity contribution in [3.8, 4) is 35.3 Å². The van der Waals surface area contributed by atoms with Crippen molar-refractivity contribution in [3.05, 3.63) is 29.7 Å². The highest BCUT2D eigenvalue weighted by Crippen LogP contribution is 2.33. The average Bonchev–Trinajstić information content (AvgIpc) is 3.08. The van der Waals surface area contributed by atoms with Crippen LogP contribution < -0.4 is 9.47 Å². The van der Waals surface area contributed by atoms with Crippen LogP contribution in [0, 0.1) is 19.3 Å². The van der Waals surface area contributed by atoms with Gasteiger partial charge in [-0.3, -0.25) is 4.90 Å². The first kappa shape index (κ1) is 19.3. The van der Waals surface area contributed by atoms with Gasteiger partial charge in [0.2, 0.25) is 5.89 Å². The number of methoxy groups -OCH3 is 2. The summed E-state index contributed by atoms with van der Waals surface area (Å²) in [5.74, 6) is 5.57. The first-order valence-corrected chi connectivity index (χ1v) is 9.52. The maximum Gasteiger partial charge on any atom is 0.226 e. The van der Waals surface area contributed by atoms with Crippen LogP contribution in [0.1, 0.15) is 43.6 Å². The molecule has 0 spiro atoms. The van der Waals surface area contributed by atoms with Gasteiger partial charge in [-0.1, -0.05) is 25.2 Å². The fraction of sp³-hybridized carbons (Fsp3) is 0.500. The van der Waals surface area contributed by atoms with Crippen LogP contribution >= 0.6 is 0 Å². The number of rotatable bonds is 7. The highest BCUT2D eigenvalue weighted by atomic mass is 16.5. The Labute approximate surface area is 161 Å². The van der Waals surface area contributed by atoms with Crippen LogP contribution in [-0.4, -0.2) is 36.7 Å². The summed E-state index contributed by atoms with van der Waals surface area (Å²) in [6.07, 6.45) is 11.9. The molecular formula is C22H28N2O3. The van der Waals surface area contributed by atoms with E-state index < -0.39 is 0 Å². The summed E-state index contributed by atoms with van der Waals surface area (Å²) in [5, 5.41) is 0. The molecule has 3 rings (SSSR count). The molecule has 0 saturated heterocycles. The number of oxazole rings is 1. The SMILES string of the molecule is C#CCN(Cc1nc(-c2ccc(OC)c(OC)c2)oc1C)C1CCCCC1. The topological polar surface area (TPSA) is 47.7 Å². The normalized spacial score (nSPS) is 14.9. The summed E-state index contributed by atoms with van der Waals surface area (Å²) in [6.45, 7) is 3.32. The third-order valence-corrected chi connectivity index (χ3v) is 5.26. The second-order valence-electron chi connectivity index (χ2n) is 6.99. The van der Waals surface area contributed by atoms with Gasteiger partial charge in [-0.25, -0.2) is 4.98 Å². The maximum atomic E-state index is 5.95. The van der Waals surface area contributed by atoms with Gasteiger partial charge >= 0.3 is 0 Å². The fourth-order valence-corrected chi connectivity index (χ4v) is 3.74. The molecule has 0 amide bonds. The number of terminal acetylenes is 1. The van der Waals surface area contributed by atoms with Gasteiger partial charge in [0.25, 0.3) is 0 Å². The van der Waals surface area contributed by atoms with Gasteiger partial charge in [-0.2, -0.15) is 0 Å². The Balaban J connectivity index is 1.82. The van der Waals surface area contributed by atoms with Crippen LogP contribution in [0.3, 0.4) is 0 Å². The van der Waals surface area contributed by atoms with Crippen molar-refractivity contribution in [3.63, 3.8) is 0 Å². The number of aromatic nitrogens is 1. The van der Waals surface area contributed by atoms with E-state index in [9.17, 15) is 0 Å². The van der Waals surface area contributed by atoms with Crippen molar-refractivity contribution in [1.82, 2.24) is 9.88 Å². The van der Waals surface area contributed by atoms with Crippen molar-refractivity contribution < 1.29 is 13.9 Å². The molecule has 144 valence electrons. The van der Waals surface area contributed by atoms with Gasteiger partial charge in [-0.05, 0) is 38.0 Å². The average molecular weight is 368 g/mol. The standard InChI is InChI=1S/C22H28N2O3/c1-5-13-24(18-9-7-6-8-10-18)15-19-16(2)27-22(23-19)17-11-12-20(25-3)21(14-17)26-4/h1,11-12,14,18H,6-10,13,15H2,2-4H3. The summed E-state index contributed by atoms with van der Waals surface area (Å²) in [5.41, 5.74) is 1.81. The van der Waals surface area contributed by atoms with Gasteiger partial charge in [0, 0.05) is 18.2 Å². The Kier molecular flexibility index (Phi) is 6.41. The minimum atomic E-state index is 0.537. The van der Waals surface area contributed by atoms with E-state index in [1.807, 2.05) is 25.1 Å². The van der Waals surface area contributed by atoms with Gasteiger partial charge in [0.05, 0.1) is 26.5 Å². The molecule has 1 aliphatic rings. The number of hydrogen-bond donors (Lipinski definition) is 0. The number of ether oxygens (including phenoxy) is 2. The molecular weight excluding hydrogens is 340 g/mol. The van der Waals surface area contributed by atoms with E-state index >= 15 is 0 Å². The Morgan fingerprint density at radius 1 is 1.19 bits per heavy atom. The molecule has 0 atom stereocenters. The highest BCUT2D eigenvalue weighted by Gasteiger charge is 2.23. The van der Waals surface area contributed by atoms with E-state index in [1.165, 1.54) is 32.1 Å². The fourth-order valence-electron chi connectivity index (χ4n) is 3.74. The summed E-state index contributed by atoms with van der Waals surface area (Å²) in [4.78, 5) is 7.12. The van der Waals surface area contributed by atoms with Gasteiger partial charge in [-0.15, -0.1) is 6.42 Å². The zero-order valence-electron chi connectivity index (χ0n) is 16.5. The van der Waals surface area contributed by atoms with Crippen LogP contribution in [0.5, 0.6) is 11.5 Å². The molecule has 2 aromatic rings. The maximum absolute atomic E-state index is 5.95. The van der Waals surface area contributed by atoms with Crippen molar-refractivity contribution in [2.45, 2.75) is 51.6 Å². The van der Waals surface area contributed by atoms with Gasteiger partial charge in [0.1, 0.15) is 5.76 Å². The summed E-state index contributed by atoms with van der Waals surface area (Å²) >= 11 is 0. The molecule has 1 saturated carbocycles. The third kappa shape index (κ3) is 4.45. The quantitative estimate of drug-likeness (QED) is 0.677. The van der Waals surface area contributed by atoms with Crippen LogP contribution in [0.4, 0.5) is 0 Å². The Morgan fingerprint density at radius 3 is 2.59 bits per heavy atom. The van der Waals surface area contributed by atoms with Crippen LogP contribution in [0.25, 0.3) is 11.5 Å². The van der Waals surface area contributed by atoms with E-state index in [2.05, 4.69) is 10.8 Å². The number of nitrogens with zero attached hydrogens (tertiary/aromatic N) is 2. The Morgan fingerprint density at radius 2 is 1.93 bits per heavy atom. The van der Waals surface area contributed by atoms with Crippen molar-refractivity contribution in [2.75, 3.05) is 20.8 Å². The van der Waals surface area contributed by atoms with Gasteiger partial charge < -0.3 is 13.9 Å². The monoisotopic (exact) mass is 368 g/mol. The van der Waals surface area contributed by atoms with Crippen molar-refractivity contribution in [2.24, 2.45) is 0 Å². The van der Waals surface area contributed by atoms with E-state index in [0.717, 1.165) is 23.6 Å². The summed E-state index contributed by atoms with van der Waals surface area (Å²) in [7, 11) is 3.24. The lowest BCUT2D eigenvalue weighted by molar-refractivity contribution is 0.165. The smallest absolute Gasteiger partial charge is 0.226 e. The molecule has 5 nitrogen and oxygen atoms in total. The minimum absolute atomic E-state index is 0.537. The second kappa shape index (κ2) is 8.96. The molecule has 0 aliphatic heterocycles. The number of hydrogen-bond acceptors (Lipinski definition) is 5. The lowest BCUT2D eigenvalue weighted by atomic mass is 9.94. The largest absolute Gasteiger partial charge is 0.493 e. The number of aryl methyl sites for hydroxylation is 1. The summed E-state index contributed by atoms with van der Waals surface area (Å²) < 4.78 is 16.6. The van der Waals surface area contributed by atoms with Crippen LogP contribution in [0.2, 0.25) is 0 Å². The van der Waals surface area contributed by atoms with E-state index in [1.54, 1.807) is 14.2 Å². The van der Waals surface area contributed by atoms with E-state index in [4.69, 9.17) is 25.3 Å². The lowest BCUT2D eigenvalue weighted by Crippen LogP contribution is -2.36. The predicted molar refractivity (Wildman–Crippen MR) is 106 cm³/mol. The molecule has 0 radical (unpaired) electrons. The predicted octanol–water partition coefficient (Wildman–Crippen LogP) is 4.44. The molecule has 0 bridgehead atoms. The second-order valence-corrected chi connectivity index (χ2v) is 6.99. The first-order valence-electron chi connectivity index (χ1n) is 9.52. The Bertz CT molecular complexity index is 800. The zero-order chi connectivity index (χ0) is 19.2. The molecule has 1 aromatic carbocycles. The molecule has 5 heteroatoms. The highest BCUT2D eigenvalue weighted by molar-refractivity contribution is 5.60. The molecule has 27 heavy (non-hydrogen) atoms. The molecule has 0 unspecified atom stereocenters. The molecule has 1 fully saturated rings.